The fourth-order valence-electron chi connectivity index (χ4n) is 1.27. The lowest BCUT2D eigenvalue weighted by molar-refractivity contribution is -0.138. The third kappa shape index (κ3) is 4.36. The zero-order valence-electron chi connectivity index (χ0n) is 9.25. The van der Waals surface area contributed by atoms with Gasteiger partial charge in [0.05, 0.1) is 11.3 Å². The van der Waals surface area contributed by atoms with E-state index in [0.717, 1.165) is 0 Å². The second-order valence-corrected chi connectivity index (χ2v) is 4.75. The average Bonchev–Trinajstić information content (AvgIpc) is 2.62. The van der Waals surface area contributed by atoms with Gasteiger partial charge in [-0.05, 0) is 19.1 Å². The van der Waals surface area contributed by atoms with Crippen LogP contribution >= 0.6 is 11.3 Å². The standard InChI is InChI=1S/C10H10F3NO3S/c1-5(4-10(11,12)13)14-8(15)6-2-3-7(18-6)9(16)17/h2-3,5H,4H2,1H3,(H,14,15)(H,16,17). The number of alkyl halides is 3. The van der Waals surface area contributed by atoms with Crippen molar-refractivity contribution in [2.45, 2.75) is 25.6 Å². The van der Waals surface area contributed by atoms with E-state index in [0.29, 0.717) is 11.3 Å². The number of carbonyl (C=O) groups is 2. The lowest BCUT2D eigenvalue weighted by Crippen LogP contribution is -2.35. The quantitative estimate of drug-likeness (QED) is 0.891. The van der Waals surface area contributed by atoms with Crippen LogP contribution in [-0.4, -0.2) is 29.2 Å². The first-order chi connectivity index (χ1) is 8.19. The minimum absolute atomic E-state index is 0.0383. The molecule has 0 spiro atoms. The molecule has 0 aliphatic heterocycles. The average molecular weight is 281 g/mol. The molecule has 0 saturated heterocycles. The molecule has 1 rings (SSSR count). The third-order valence-corrected chi connectivity index (χ3v) is 3.03. The number of hydrogen-bond acceptors (Lipinski definition) is 3. The number of aromatic carboxylic acids is 1. The summed E-state index contributed by atoms with van der Waals surface area (Å²) in [5.41, 5.74) is 0. The van der Waals surface area contributed by atoms with Crippen LogP contribution in [0.1, 0.15) is 32.7 Å². The van der Waals surface area contributed by atoms with E-state index in [9.17, 15) is 22.8 Å². The van der Waals surface area contributed by atoms with Gasteiger partial charge in [0.2, 0.25) is 0 Å². The van der Waals surface area contributed by atoms with Crippen LogP contribution in [0, 0.1) is 0 Å². The van der Waals surface area contributed by atoms with Crippen molar-refractivity contribution < 1.29 is 27.9 Å². The smallest absolute Gasteiger partial charge is 0.391 e. The highest BCUT2D eigenvalue weighted by atomic mass is 32.1. The Hall–Kier alpha value is -1.57. The molecule has 0 saturated carbocycles. The number of carbonyl (C=O) groups excluding carboxylic acids is 1. The van der Waals surface area contributed by atoms with E-state index >= 15 is 0 Å². The minimum atomic E-state index is -4.35. The number of nitrogens with one attached hydrogen (secondary N) is 1. The van der Waals surface area contributed by atoms with Crippen LogP contribution in [0.3, 0.4) is 0 Å². The third-order valence-electron chi connectivity index (χ3n) is 1.96. The molecule has 2 N–H and O–H groups in total. The first kappa shape index (κ1) is 14.5. The maximum atomic E-state index is 12.0. The molecule has 4 nitrogen and oxygen atoms in total. The molecule has 0 fully saturated rings. The Balaban J connectivity index is 2.62. The molecule has 1 atom stereocenters. The van der Waals surface area contributed by atoms with Crippen LogP contribution in [0.15, 0.2) is 12.1 Å². The van der Waals surface area contributed by atoms with Gasteiger partial charge in [-0.3, -0.25) is 4.79 Å². The summed E-state index contributed by atoms with van der Waals surface area (Å²) in [6.07, 6.45) is -5.48. The molecular formula is C10H10F3NO3S. The number of halogens is 3. The first-order valence-corrected chi connectivity index (χ1v) is 5.71. The minimum Gasteiger partial charge on any atom is -0.477 e. The lowest BCUT2D eigenvalue weighted by atomic mass is 10.2. The molecule has 1 heterocycles. The van der Waals surface area contributed by atoms with Gasteiger partial charge in [0.1, 0.15) is 4.88 Å². The number of carboxylic acid groups (broad SMARTS) is 1. The Morgan fingerprint density at radius 3 is 2.39 bits per heavy atom. The fraction of sp³-hybridized carbons (Fsp3) is 0.400. The van der Waals surface area contributed by atoms with E-state index in [4.69, 9.17) is 5.11 Å². The number of rotatable bonds is 4. The summed E-state index contributed by atoms with van der Waals surface area (Å²) in [5.74, 6) is -1.88. The van der Waals surface area contributed by atoms with Gasteiger partial charge in [-0.25, -0.2) is 4.79 Å². The van der Waals surface area contributed by atoms with Crippen molar-refractivity contribution in [3.63, 3.8) is 0 Å². The predicted molar refractivity (Wildman–Crippen MR) is 58.9 cm³/mol. The number of hydrogen-bond donors (Lipinski definition) is 2. The summed E-state index contributed by atoms with van der Waals surface area (Å²) in [4.78, 5) is 22.1. The first-order valence-electron chi connectivity index (χ1n) is 4.90. The summed E-state index contributed by atoms with van der Waals surface area (Å²) >= 11 is 0.716. The summed E-state index contributed by atoms with van der Waals surface area (Å²) in [7, 11) is 0. The van der Waals surface area contributed by atoms with Gasteiger partial charge in [-0.1, -0.05) is 0 Å². The lowest BCUT2D eigenvalue weighted by Gasteiger charge is -2.15. The van der Waals surface area contributed by atoms with Crippen LogP contribution in [0.2, 0.25) is 0 Å². The summed E-state index contributed by atoms with van der Waals surface area (Å²) in [6.45, 7) is 1.23. The van der Waals surface area contributed by atoms with E-state index in [1.165, 1.54) is 19.1 Å². The topological polar surface area (TPSA) is 66.4 Å². The summed E-state index contributed by atoms with van der Waals surface area (Å²) < 4.78 is 36.1. The van der Waals surface area contributed by atoms with Crippen molar-refractivity contribution in [2.75, 3.05) is 0 Å². The number of thiophene rings is 1. The van der Waals surface area contributed by atoms with E-state index in [2.05, 4.69) is 5.32 Å². The largest absolute Gasteiger partial charge is 0.477 e. The Bertz CT molecular complexity index is 455. The van der Waals surface area contributed by atoms with Gasteiger partial charge in [-0.2, -0.15) is 13.2 Å². The van der Waals surface area contributed by atoms with Crippen molar-refractivity contribution in [2.24, 2.45) is 0 Å². The SMILES string of the molecule is CC(CC(F)(F)F)NC(=O)c1ccc(C(=O)O)s1. The van der Waals surface area contributed by atoms with Gasteiger partial charge < -0.3 is 10.4 Å². The van der Waals surface area contributed by atoms with E-state index in [1.807, 2.05) is 0 Å². The van der Waals surface area contributed by atoms with Crippen molar-refractivity contribution in [3.8, 4) is 0 Å². The van der Waals surface area contributed by atoms with E-state index in [-0.39, 0.29) is 9.75 Å². The maximum Gasteiger partial charge on any atom is 0.391 e. The van der Waals surface area contributed by atoms with Crippen LogP contribution in [-0.2, 0) is 0 Å². The normalized spacial score (nSPS) is 13.1. The van der Waals surface area contributed by atoms with Crippen LogP contribution in [0.25, 0.3) is 0 Å². The molecular weight excluding hydrogens is 271 g/mol. The molecule has 0 bridgehead atoms. The van der Waals surface area contributed by atoms with Crippen LogP contribution < -0.4 is 5.32 Å². The van der Waals surface area contributed by atoms with Crippen molar-refractivity contribution >= 4 is 23.2 Å². The van der Waals surface area contributed by atoms with Gasteiger partial charge >= 0.3 is 12.1 Å². The summed E-state index contributed by atoms with van der Waals surface area (Å²) in [6, 6.07) is 1.44. The number of carboxylic acids is 1. The molecule has 0 radical (unpaired) electrons. The second kappa shape index (κ2) is 5.38. The Labute approximate surface area is 104 Å². The van der Waals surface area contributed by atoms with E-state index in [1.54, 1.807) is 0 Å². The second-order valence-electron chi connectivity index (χ2n) is 3.66. The molecule has 1 amide bonds. The Kier molecular flexibility index (Phi) is 4.33. The van der Waals surface area contributed by atoms with Crippen molar-refractivity contribution in [1.82, 2.24) is 5.32 Å². The molecule has 1 aromatic heterocycles. The van der Waals surface area contributed by atoms with Gasteiger partial charge in [-0.15, -0.1) is 11.3 Å². The van der Waals surface area contributed by atoms with E-state index < -0.39 is 30.5 Å². The maximum absolute atomic E-state index is 12.0. The molecule has 0 aliphatic rings. The van der Waals surface area contributed by atoms with Gasteiger partial charge in [0.25, 0.3) is 5.91 Å². The molecule has 8 heteroatoms. The monoisotopic (exact) mass is 281 g/mol. The fourth-order valence-corrected chi connectivity index (χ4v) is 2.02. The Morgan fingerprint density at radius 1 is 1.39 bits per heavy atom. The van der Waals surface area contributed by atoms with Crippen molar-refractivity contribution in [1.29, 1.82) is 0 Å². The molecule has 0 aliphatic carbocycles. The molecule has 0 aromatic carbocycles. The highest BCUT2D eigenvalue weighted by molar-refractivity contribution is 7.15. The zero-order valence-corrected chi connectivity index (χ0v) is 10.1. The highest BCUT2D eigenvalue weighted by Crippen LogP contribution is 2.22. The van der Waals surface area contributed by atoms with Crippen LogP contribution in [0.4, 0.5) is 13.2 Å². The van der Waals surface area contributed by atoms with Crippen LogP contribution in [0.5, 0.6) is 0 Å². The summed E-state index contributed by atoms with van der Waals surface area (Å²) in [5, 5.41) is 10.8. The molecule has 18 heavy (non-hydrogen) atoms. The molecule has 100 valence electrons. The molecule has 1 unspecified atom stereocenters. The highest BCUT2D eigenvalue weighted by Gasteiger charge is 2.30. The molecule has 1 aromatic rings. The van der Waals surface area contributed by atoms with Gasteiger partial charge in [0, 0.05) is 6.04 Å². The van der Waals surface area contributed by atoms with Gasteiger partial charge in [0.15, 0.2) is 0 Å². The number of amides is 1. The zero-order chi connectivity index (χ0) is 13.9. The predicted octanol–water partition coefficient (Wildman–Crippen LogP) is 2.52. The Morgan fingerprint density at radius 2 is 1.94 bits per heavy atom. The van der Waals surface area contributed by atoms with Crippen molar-refractivity contribution in [3.05, 3.63) is 21.9 Å².